The molecule has 1 heterocycles. The van der Waals surface area contributed by atoms with E-state index in [0.717, 1.165) is 11.8 Å². The van der Waals surface area contributed by atoms with Crippen LogP contribution >= 0.6 is 24.0 Å². The molecule has 2 aromatic carbocycles. The summed E-state index contributed by atoms with van der Waals surface area (Å²) >= 11 is 5.90. The fraction of sp³-hybridized carbons (Fsp3) is 0.238. The predicted molar refractivity (Wildman–Crippen MR) is 116 cm³/mol. The van der Waals surface area contributed by atoms with Crippen molar-refractivity contribution in [2.45, 2.75) is 19.3 Å². The van der Waals surface area contributed by atoms with Gasteiger partial charge in [-0.3, -0.25) is 4.79 Å². The van der Waals surface area contributed by atoms with Crippen LogP contribution in [0.5, 0.6) is 11.5 Å². The number of ether oxygens (including phenoxy) is 2. The molecular weight excluding hydrogens is 492 g/mol. The fourth-order valence-corrected chi connectivity index (χ4v) is 4.09. The van der Waals surface area contributed by atoms with Crippen LogP contribution in [0.3, 0.4) is 0 Å². The highest BCUT2D eigenvalue weighted by atomic mass is 32.2. The van der Waals surface area contributed by atoms with E-state index in [2.05, 4.69) is 5.32 Å². The number of rotatable bonds is 5. The minimum absolute atomic E-state index is 0.0337. The zero-order chi connectivity index (χ0) is 24.6. The highest BCUT2D eigenvalue weighted by Crippen LogP contribution is 2.44. The van der Waals surface area contributed by atoms with Crippen LogP contribution in [0.1, 0.15) is 23.6 Å². The number of halogens is 6. The van der Waals surface area contributed by atoms with E-state index in [1.165, 1.54) is 25.3 Å². The Balaban J connectivity index is 2.29. The van der Waals surface area contributed by atoms with Gasteiger partial charge in [-0.15, -0.1) is 0 Å². The van der Waals surface area contributed by atoms with E-state index in [-0.39, 0.29) is 44.5 Å². The summed E-state index contributed by atoms with van der Waals surface area (Å²) in [5.41, 5.74) is -3.08. The molecule has 1 aliphatic heterocycles. The maximum atomic E-state index is 13.4. The molecule has 0 saturated carbocycles. The first kappa shape index (κ1) is 24.9. The number of carbonyl (C=O) groups is 1. The summed E-state index contributed by atoms with van der Waals surface area (Å²) in [4.78, 5) is 12.2. The number of carbonyl (C=O) groups excluding carboxylic acids is 1. The molecule has 176 valence electrons. The monoisotopic (exact) mass is 507 g/mol. The molecule has 0 atom stereocenters. The summed E-state index contributed by atoms with van der Waals surface area (Å²) in [7, 11) is 1.28. The summed E-state index contributed by atoms with van der Waals surface area (Å²) in [5, 5.41) is 2.42. The van der Waals surface area contributed by atoms with Crippen molar-refractivity contribution in [1.82, 2.24) is 5.32 Å². The lowest BCUT2D eigenvalue weighted by molar-refractivity contribution is -0.143. The third-order valence-corrected chi connectivity index (χ3v) is 5.59. The van der Waals surface area contributed by atoms with Gasteiger partial charge in [0.15, 0.2) is 11.5 Å². The minimum atomic E-state index is -5.01. The molecule has 12 heteroatoms. The zero-order valence-corrected chi connectivity index (χ0v) is 18.6. The van der Waals surface area contributed by atoms with Gasteiger partial charge in [0.25, 0.3) is 5.91 Å². The second kappa shape index (κ2) is 9.26. The predicted octanol–water partition coefficient (Wildman–Crippen LogP) is 6.29. The minimum Gasteiger partial charge on any atom is -0.493 e. The van der Waals surface area contributed by atoms with Crippen molar-refractivity contribution >= 4 is 40.3 Å². The smallest absolute Gasteiger partial charge is 0.416 e. The van der Waals surface area contributed by atoms with Gasteiger partial charge >= 0.3 is 12.4 Å². The number of benzene rings is 2. The van der Waals surface area contributed by atoms with Crippen molar-refractivity contribution in [3.8, 4) is 22.6 Å². The number of methoxy groups -OCH3 is 1. The van der Waals surface area contributed by atoms with Crippen molar-refractivity contribution in [1.29, 1.82) is 0 Å². The number of amides is 1. The lowest BCUT2D eigenvalue weighted by Gasteiger charge is -2.18. The molecular formula is C21H15F6NO3S2. The highest BCUT2D eigenvalue weighted by Gasteiger charge is 2.37. The Morgan fingerprint density at radius 2 is 1.64 bits per heavy atom. The van der Waals surface area contributed by atoms with Crippen LogP contribution < -0.4 is 14.8 Å². The number of hydrogen-bond acceptors (Lipinski definition) is 5. The van der Waals surface area contributed by atoms with Crippen LogP contribution in [0.25, 0.3) is 17.2 Å². The van der Waals surface area contributed by atoms with Crippen LogP contribution in [0.2, 0.25) is 0 Å². The molecule has 33 heavy (non-hydrogen) atoms. The van der Waals surface area contributed by atoms with Gasteiger partial charge in [0.05, 0.1) is 29.7 Å². The van der Waals surface area contributed by atoms with E-state index in [0.29, 0.717) is 17.7 Å². The number of hydrogen-bond donors (Lipinski definition) is 1. The van der Waals surface area contributed by atoms with E-state index in [9.17, 15) is 31.1 Å². The molecule has 0 aromatic heterocycles. The Morgan fingerprint density at radius 1 is 1.03 bits per heavy atom. The largest absolute Gasteiger partial charge is 0.493 e. The van der Waals surface area contributed by atoms with Gasteiger partial charge in [-0.1, -0.05) is 24.0 Å². The first-order valence-electron chi connectivity index (χ1n) is 9.23. The van der Waals surface area contributed by atoms with Crippen molar-refractivity contribution in [2.75, 3.05) is 13.7 Å². The van der Waals surface area contributed by atoms with Crippen LogP contribution in [0.4, 0.5) is 26.3 Å². The standard InChI is InChI=1S/C21H15F6NO3S2/c1-3-31-17-14(11-7-12(20(22,23)24)9-13(8-11)21(25,26)27)4-10(5-15(17)30-2)6-16-18(29)28-19(32)33-16/h4-9H,3H2,1-2H3,(H,28,29,32). The number of thioether (sulfide) groups is 1. The first-order valence-corrected chi connectivity index (χ1v) is 10.5. The number of nitrogens with one attached hydrogen (secondary N) is 1. The van der Waals surface area contributed by atoms with Crippen molar-refractivity contribution in [3.63, 3.8) is 0 Å². The summed E-state index contributed by atoms with van der Waals surface area (Å²) in [6, 6.07) is 4.04. The summed E-state index contributed by atoms with van der Waals surface area (Å²) in [6.45, 7) is 1.67. The molecule has 0 spiro atoms. The van der Waals surface area contributed by atoms with E-state index in [1.54, 1.807) is 6.92 Å². The van der Waals surface area contributed by atoms with E-state index in [1.807, 2.05) is 0 Å². The third kappa shape index (κ3) is 5.61. The topological polar surface area (TPSA) is 47.6 Å². The Bertz CT molecular complexity index is 1110. The van der Waals surface area contributed by atoms with Gasteiger partial charge in [0.2, 0.25) is 0 Å². The average Bonchev–Trinajstić information content (AvgIpc) is 3.03. The molecule has 0 aliphatic carbocycles. The molecule has 1 amide bonds. The van der Waals surface area contributed by atoms with Crippen LogP contribution in [-0.2, 0) is 17.1 Å². The normalized spacial score (nSPS) is 15.7. The van der Waals surface area contributed by atoms with Gasteiger partial charge in [0.1, 0.15) is 4.32 Å². The average molecular weight is 507 g/mol. The quantitative estimate of drug-likeness (QED) is 0.293. The second-order valence-electron chi connectivity index (χ2n) is 6.68. The summed E-state index contributed by atoms with van der Waals surface area (Å²) in [6.07, 6.45) is -8.63. The molecule has 1 fully saturated rings. The van der Waals surface area contributed by atoms with Gasteiger partial charge < -0.3 is 14.8 Å². The highest BCUT2D eigenvalue weighted by molar-refractivity contribution is 8.26. The van der Waals surface area contributed by atoms with Crippen LogP contribution in [0, 0.1) is 0 Å². The molecule has 1 saturated heterocycles. The van der Waals surface area contributed by atoms with E-state index < -0.39 is 29.4 Å². The van der Waals surface area contributed by atoms with Gasteiger partial charge in [-0.25, -0.2) is 0 Å². The second-order valence-corrected chi connectivity index (χ2v) is 8.40. The molecule has 3 rings (SSSR count). The molecule has 2 aromatic rings. The third-order valence-electron chi connectivity index (χ3n) is 4.42. The van der Waals surface area contributed by atoms with Crippen molar-refractivity contribution in [2.24, 2.45) is 0 Å². The molecule has 0 bridgehead atoms. The van der Waals surface area contributed by atoms with Gasteiger partial charge in [-0.05, 0) is 54.5 Å². The van der Waals surface area contributed by atoms with Crippen LogP contribution in [-0.4, -0.2) is 23.9 Å². The zero-order valence-electron chi connectivity index (χ0n) is 17.0. The van der Waals surface area contributed by atoms with Crippen LogP contribution in [0.15, 0.2) is 35.2 Å². The lowest BCUT2D eigenvalue weighted by Crippen LogP contribution is -2.17. The van der Waals surface area contributed by atoms with Gasteiger partial charge in [0, 0.05) is 5.56 Å². The lowest BCUT2D eigenvalue weighted by atomic mass is 9.96. The molecule has 4 nitrogen and oxygen atoms in total. The Kier molecular flexibility index (Phi) is 6.99. The maximum Gasteiger partial charge on any atom is 0.416 e. The van der Waals surface area contributed by atoms with E-state index in [4.69, 9.17) is 21.7 Å². The first-order chi connectivity index (χ1) is 15.3. The van der Waals surface area contributed by atoms with Gasteiger partial charge in [-0.2, -0.15) is 26.3 Å². The molecule has 0 radical (unpaired) electrons. The Hall–Kier alpha value is -2.73. The summed E-state index contributed by atoms with van der Waals surface area (Å²) in [5.74, 6) is -0.440. The van der Waals surface area contributed by atoms with E-state index >= 15 is 0 Å². The number of thiocarbonyl (C=S) groups is 1. The maximum absolute atomic E-state index is 13.4. The summed E-state index contributed by atoms with van der Waals surface area (Å²) < 4.78 is 91.3. The molecule has 0 unspecified atom stereocenters. The molecule has 1 N–H and O–H groups in total. The Labute approximate surface area is 193 Å². The SMILES string of the molecule is CCOc1c(OC)cc(C=C2SC(=S)NC2=O)cc1-c1cc(C(F)(F)F)cc(C(F)(F)F)c1. The number of alkyl halides is 6. The fourth-order valence-electron chi connectivity index (χ4n) is 3.05. The van der Waals surface area contributed by atoms with Crippen molar-refractivity contribution < 1.29 is 40.6 Å². The molecule has 1 aliphatic rings. The Morgan fingerprint density at radius 3 is 2.09 bits per heavy atom. The van der Waals surface area contributed by atoms with Crippen molar-refractivity contribution in [3.05, 3.63) is 51.9 Å².